The zero-order chi connectivity index (χ0) is 13.0. The van der Waals surface area contributed by atoms with Crippen LogP contribution in [0, 0.1) is 22.7 Å². The quantitative estimate of drug-likeness (QED) is 0.554. The molecule has 17 heavy (non-hydrogen) atoms. The molecule has 0 bridgehead atoms. The van der Waals surface area contributed by atoms with E-state index >= 15 is 0 Å². The number of amides is 1. The number of carbonyl (C=O) groups is 1. The Labute approximate surface area is 100 Å². The van der Waals surface area contributed by atoms with E-state index in [0.29, 0.717) is 4.68 Å². The van der Waals surface area contributed by atoms with Crippen molar-refractivity contribution in [1.82, 2.24) is 4.68 Å². The van der Waals surface area contributed by atoms with E-state index in [0.717, 1.165) is 11.8 Å². The molecular weight excluding hydrogens is 242 g/mol. The highest BCUT2D eigenvalue weighted by atomic mass is 32.2. The van der Waals surface area contributed by atoms with Crippen molar-refractivity contribution in [2.24, 2.45) is 0 Å². The summed E-state index contributed by atoms with van der Waals surface area (Å²) in [6.07, 6.45) is 1.85. The van der Waals surface area contributed by atoms with Crippen LogP contribution in [-0.4, -0.2) is 17.3 Å². The zero-order valence-electron chi connectivity index (χ0n) is 8.72. The minimum Gasteiger partial charge on any atom is -0.382 e. The van der Waals surface area contributed by atoms with E-state index < -0.39 is 5.56 Å². The van der Waals surface area contributed by atoms with Gasteiger partial charge in [-0.05, 0) is 6.26 Å². The molecule has 1 rings (SSSR count). The van der Waals surface area contributed by atoms with E-state index in [1.807, 2.05) is 5.43 Å². The van der Waals surface area contributed by atoms with E-state index in [1.165, 1.54) is 0 Å². The molecule has 0 aromatic carbocycles. The van der Waals surface area contributed by atoms with E-state index in [1.54, 1.807) is 18.4 Å². The molecule has 0 unspecified atom stereocenters. The highest BCUT2D eigenvalue weighted by molar-refractivity contribution is 7.98. The summed E-state index contributed by atoms with van der Waals surface area (Å²) < 4.78 is 0.670. The van der Waals surface area contributed by atoms with Gasteiger partial charge in [0, 0.05) is 0 Å². The number of thioether (sulfide) groups is 1. The van der Waals surface area contributed by atoms with Gasteiger partial charge in [-0.25, -0.2) is 0 Å². The summed E-state index contributed by atoms with van der Waals surface area (Å²) in [5.41, 5.74) is 6.61. The number of nitriles is 2. The van der Waals surface area contributed by atoms with E-state index in [2.05, 4.69) is 0 Å². The van der Waals surface area contributed by atoms with Crippen LogP contribution in [0.25, 0.3) is 0 Å². The Morgan fingerprint density at radius 1 is 1.41 bits per heavy atom. The van der Waals surface area contributed by atoms with Crippen LogP contribution in [0.2, 0.25) is 0 Å². The Morgan fingerprint density at radius 3 is 2.41 bits per heavy atom. The number of hydrogen-bond donors (Lipinski definition) is 2. The number of nitrogens with two attached hydrogens (primary N) is 1. The smallest absolute Gasteiger partial charge is 0.290 e. The molecule has 1 aromatic heterocycles. The van der Waals surface area contributed by atoms with Crippen LogP contribution in [0.15, 0.2) is 9.69 Å². The van der Waals surface area contributed by atoms with Gasteiger partial charge in [0.25, 0.3) is 5.56 Å². The first-order chi connectivity index (χ1) is 8.12. The van der Waals surface area contributed by atoms with Crippen molar-refractivity contribution in [3.8, 4) is 12.1 Å². The molecule has 1 heterocycles. The van der Waals surface area contributed by atoms with Gasteiger partial charge in [-0.2, -0.15) is 15.2 Å². The molecule has 0 atom stereocenters. The molecule has 1 aromatic rings. The number of nitrogen functional groups attached to an aromatic ring is 1. The van der Waals surface area contributed by atoms with Crippen molar-refractivity contribution in [2.75, 3.05) is 17.4 Å². The molecular formula is C9H7N5O2S. The summed E-state index contributed by atoms with van der Waals surface area (Å²) in [6, 6.07) is 3.50. The van der Waals surface area contributed by atoms with Gasteiger partial charge >= 0.3 is 0 Å². The van der Waals surface area contributed by atoms with E-state index in [-0.39, 0.29) is 28.3 Å². The van der Waals surface area contributed by atoms with Crippen LogP contribution in [0.4, 0.5) is 5.82 Å². The van der Waals surface area contributed by atoms with Gasteiger partial charge in [0.2, 0.25) is 6.41 Å². The second-order valence-electron chi connectivity index (χ2n) is 2.78. The molecule has 0 radical (unpaired) electrons. The number of carbonyl (C=O) groups excluding carboxylic acids is 1. The second kappa shape index (κ2) is 5.05. The van der Waals surface area contributed by atoms with Gasteiger partial charge in [0.15, 0.2) is 0 Å². The maximum absolute atomic E-state index is 11.8. The number of hydrogen-bond acceptors (Lipinski definition) is 6. The summed E-state index contributed by atoms with van der Waals surface area (Å²) in [5.74, 6) is -0.201. The van der Waals surface area contributed by atoms with Crippen molar-refractivity contribution in [1.29, 1.82) is 10.5 Å². The van der Waals surface area contributed by atoms with Crippen molar-refractivity contribution in [2.45, 2.75) is 4.90 Å². The third-order valence-electron chi connectivity index (χ3n) is 1.98. The van der Waals surface area contributed by atoms with Gasteiger partial charge in [-0.3, -0.25) is 15.0 Å². The molecule has 0 spiro atoms. The molecule has 0 aliphatic heterocycles. The molecule has 7 nitrogen and oxygen atoms in total. The highest BCUT2D eigenvalue weighted by Gasteiger charge is 2.19. The Morgan fingerprint density at radius 2 is 2.00 bits per heavy atom. The highest BCUT2D eigenvalue weighted by Crippen LogP contribution is 2.25. The summed E-state index contributed by atoms with van der Waals surface area (Å²) in [7, 11) is 0. The third-order valence-corrected chi connectivity index (χ3v) is 2.79. The minimum atomic E-state index is -0.763. The van der Waals surface area contributed by atoms with E-state index in [4.69, 9.17) is 16.3 Å². The standard InChI is InChI=1S/C9H7N5O2S/c1-17-7-5(2-10)8(12)14(13-4-15)9(16)6(7)3-11/h4H,12H2,1H3,(H,13,15). The molecule has 8 heteroatoms. The fraction of sp³-hybridized carbons (Fsp3) is 0.111. The van der Waals surface area contributed by atoms with Crippen molar-refractivity contribution < 1.29 is 4.79 Å². The van der Waals surface area contributed by atoms with Gasteiger partial charge in [0.05, 0.1) is 4.90 Å². The van der Waals surface area contributed by atoms with Crippen LogP contribution in [0.1, 0.15) is 11.1 Å². The number of aromatic nitrogens is 1. The maximum Gasteiger partial charge on any atom is 0.290 e. The fourth-order valence-electron chi connectivity index (χ4n) is 1.26. The molecule has 86 valence electrons. The molecule has 0 saturated heterocycles. The number of anilines is 1. The average Bonchev–Trinajstić information content (AvgIpc) is 2.33. The summed E-state index contributed by atoms with van der Waals surface area (Å²) in [4.78, 5) is 22.3. The lowest BCUT2D eigenvalue weighted by Gasteiger charge is -2.12. The van der Waals surface area contributed by atoms with Crippen molar-refractivity contribution in [3.63, 3.8) is 0 Å². The number of nitrogens with one attached hydrogen (secondary N) is 1. The van der Waals surface area contributed by atoms with Crippen LogP contribution in [0.3, 0.4) is 0 Å². The first-order valence-electron chi connectivity index (χ1n) is 4.25. The number of pyridine rings is 1. The molecule has 0 fully saturated rings. The normalized spacial score (nSPS) is 9.12. The molecule has 0 aliphatic rings. The van der Waals surface area contributed by atoms with Gasteiger partial charge in [0.1, 0.15) is 29.1 Å². The molecule has 1 amide bonds. The van der Waals surface area contributed by atoms with Crippen LogP contribution in [0.5, 0.6) is 0 Å². The predicted molar refractivity (Wildman–Crippen MR) is 61.8 cm³/mol. The first-order valence-corrected chi connectivity index (χ1v) is 5.47. The lowest BCUT2D eigenvalue weighted by atomic mass is 10.2. The summed E-state index contributed by atoms with van der Waals surface area (Å²) in [5, 5.41) is 17.8. The first kappa shape index (κ1) is 12.6. The topological polar surface area (TPSA) is 125 Å². The van der Waals surface area contributed by atoms with Crippen LogP contribution in [-0.2, 0) is 4.79 Å². The van der Waals surface area contributed by atoms with Crippen LogP contribution >= 0.6 is 11.8 Å². The van der Waals surface area contributed by atoms with Crippen LogP contribution < -0.4 is 16.7 Å². The Kier molecular flexibility index (Phi) is 3.75. The Balaban J connectivity index is 3.83. The average molecular weight is 249 g/mol. The Bertz CT molecular complexity index is 608. The second-order valence-corrected chi connectivity index (χ2v) is 3.60. The minimum absolute atomic E-state index is 0.0111. The predicted octanol–water partition coefficient (Wildman–Crippen LogP) is -0.404. The monoisotopic (exact) mass is 249 g/mol. The molecule has 0 saturated carbocycles. The molecule has 3 N–H and O–H groups in total. The van der Waals surface area contributed by atoms with Gasteiger partial charge in [-0.15, -0.1) is 11.8 Å². The summed E-state index contributed by atoms with van der Waals surface area (Å²) >= 11 is 1.07. The summed E-state index contributed by atoms with van der Waals surface area (Å²) in [6.45, 7) is 0. The number of rotatable bonds is 3. The largest absolute Gasteiger partial charge is 0.382 e. The van der Waals surface area contributed by atoms with Crippen molar-refractivity contribution in [3.05, 3.63) is 21.5 Å². The number of nitrogens with zero attached hydrogens (tertiary/aromatic N) is 3. The zero-order valence-corrected chi connectivity index (χ0v) is 9.54. The lowest BCUT2D eigenvalue weighted by molar-refractivity contribution is -0.106. The third kappa shape index (κ3) is 1.94. The van der Waals surface area contributed by atoms with Gasteiger partial charge < -0.3 is 5.73 Å². The molecule has 0 aliphatic carbocycles. The van der Waals surface area contributed by atoms with E-state index in [9.17, 15) is 9.59 Å². The SMILES string of the molecule is CSc1c(C#N)c(N)n(NC=O)c(=O)c1C#N. The lowest BCUT2D eigenvalue weighted by Crippen LogP contribution is -2.33. The van der Waals surface area contributed by atoms with Crippen molar-refractivity contribution >= 4 is 24.0 Å². The Hall–Kier alpha value is -2.45. The van der Waals surface area contributed by atoms with Gasteiger partial charge in [-0.1, -0.05) is 0 Å². The fourth-order valence-corrected chi connectivity index (χ4v) is 1.95. The maximum atomic E-state index is 11.8.